The highest BCUT2D eigenvalue weighted by Crippen LogP contribution is 2.38. The zero-order chi connectivity index (χ0) is 19.7. The fraction of sp³-hybridized carbons (Fsp3) is 0.727. The van der Waals surface area contributed by atoms with E-state index >= 15 is 0 Å². The summed E-state index contributed by atoms with van der Waals surface area (Å²) in [5.74, 6) is 1.18. The maximum absolute atomic E-state index is 11.2. The zero-order valence-corrected chi connectivity index (χ0v) is 18.7. The molecule has 154 valence electrons. The van der Waals surface area contributed by atoms with Crippen LogP contribution in [0.1, 0.15) is 90.9 Å². The molecule has 5 heteroatoms. The molecule has 0 bridgehead atoms. The molecule has 0 N–H and O–H groups in total. The van der Waals surface area contributed by atoms with Crippen molar-refractivity contribution in [1.29, 1.82) is 0 Å². The standard InChI is InChI=1S/C22H36BrNO3/c1-3-5-7-9-11-13-15-26-21-18-20(24-25)22(17-19(21)23)27-16-14-12-10-8-6-4-2/h17-18H,3-16H2,1-2H3. The van der Waals surface area contributed by atoms with E-state index < -0.39 is 0 Å². The van der Waals surface area contributed by atoms with E-state index in [2.05, 4.69) is 35.0 Å². The summed E-state index contributed by atoms with van der Waals surface area (Å²) in [6.45, 7) is 5.70. The molecule has 1 rings (SSSR count). The molecule has 1 aromatic rings. The summed E-state index contributed by atoms with van der Waals surface area (Å²) in [7, 11) is 0. The normalized spacial score (nSPS) is 10.8. The number of hydrogen-bond donors (Lipinski definition) is 0. The van der Waals surface area contributed by atoms with E-state index in [0.29, 0.717) is 30.4 Å². The van der Waals surface area contributed by atoms with Gasteiger partial charge in [-0.2, -0.15) is 0 Å². The SMILES string of the molecule is CCCCCCCCOc1cc(N=O)c(OCCCCCCCC)cc1Br. The molecule has 0 saturated heterocycles. The fourth-order valence-corrected chi connectivity index (χ4v) is 3.39. The zero-order valence-electron chi connectivity index (χ0n) is 17.1. The number of halogens is 1. The number of unbranched alkanes of at least 4 members (excludes halogenated alkanes) is 10. The third kappa shape index (κ3) is 10.7. The molecule has 4 nitrogen and oxygen atoms in total. The molecule has 0 radical (unpaired) electrons. The number of ether oxygens (including phenoxy) is 2. The number of benzene rings is 1. The van der Waals surface area contributed by atoms with Crippen LogP contribution >= 0.6 is 15.9 Å². The Morgan fingerprint density at radius 1 is 0.741 bits per heavy atom. The van der Waals surface area contributed by atoms with Gasteiger partial charge in [0.1, 0.15) is 11.5 Å². The molecule has 27 heavy (non-hydrogen) atoms. The Bertz CT molecular complexity index is 523. The molecular weight excluding hydrogens is 406 g/mol. The van der Waals surface area contributed by atoms with Crippen LogP contribution in [0.15, 0.2) is 21.8 Å². The van der Waals surface area contributed by atoms with Gasteiger partial charge < -0.3 is 9.47 Å². The lowest BCUT2D eigenvalue weighted by Crippen LogP contribution is -2.00. The van der Waals surface area contributed by atoms with E-state index in [9.17, 15) is 4.91 Å². The van der Waals surface area contributed by atoms with Crippen molar-refractivity contribution in [2.45, 2.75) is 90.9 Å². The highest BCUT2D eigenvalue weighted by molar-refractivity contribution is 9.10. The monoisotopic (exact) mass is 441 g/mol. The van der Waals surface area contributed by atoms with Crippen LogP contribution in [0.4, 0.5) is 5.69 Å². The van der Waals surface area contributed by atoms with E-state index in [1.165, 1.54) is 57.8 Å². The average molecular weight is 442 g/mol. The van der Waals surface area contributed by atoms with Gasteiger partial charge >= 0.3 is 0 Å². The number of nitrogens with zero attached hydrogens (tertiary/aromatic N) is 1. The van der Waals surface area contributed by atoms with Crippen LogP contribution in [0.5, 0.6) is 11.5 Å². The van der Waals surface area contributed by atoms with Crippen molar-refractivity contribution in [2.24, 2.45) is 5.18 Å². The van der Waals surface area contributed by atoms with Crippen LogP contribution < -0.4 is 9.47 Å². The minimum Gasteiger partial charge on any atom is -0.492 e. The van der Waals surface area contributed by atoms with Crippen molar-refractivity contribution >= 4 is 21.6 Å². The number of rotatable bonds is 17. The predicted molar refractivity (Wildman–Crippen MR) is 117 cm³/mol. The molecule has 0 aromatic heterocycles. The maximum Gasteiger partial charge on any atom is 0.153 e. The topological polar surface area (TPSA) is 47.9 Å². The van der Waals surface area contributed by atoms with Crippen LogP contribution in [0.3, 0.4) is 0 Å². The molecule has 0 aliphatic heterocycles. The molecule has 0 heterocycles. The van der Waals surface area contributed by atoms with E-state index in [1.54, 1.807) is 12.1 Å². The molecular formula is C22H36BrNO3. The van der Waals surface area contributed by atoms with Gasteiger partial charge in [0.15, 0.2) is 5.69 Å². The van der Waals surface area contributed by atoms with Gasteiger partial charge in [0.25, 0.3) is 0 Å². The van der Waals surface area contributed by atoms with Gasteiger partial charge in [0.05, 0.1) is 17.7 Å². The van der Waals surface area contributed by atoms with Crippen molar-refractivity contribution in [1.82, 2.24) is 0 Å². The van der Waals surface area contributed by atoms with Gasteiger partial charge in [-0.05, 0) is 33.9 Å². The van der Waals surface area contributed by atoms with Crippen LogP contribution in [-0.4, -0.2) is 13.2 Å². The molecule has 0 unspecified atom stereocenters. The fourth-order valence-electron chi connectivity index (χ4n) is 2.95. The Morgan fingerprint density at radius 2 is 1.22 bits per heavy atom. The maximum atomic E-state index is 11.2. The van der Waals surface area contributed by atoms with Crippen molar-refractivity contribution in [3.63, 3.8) is 0 Å². The second kappa shape index (κ2) is 15.9. The largest absolute Gasteiger partial charge is 0.492 e. The van der Waals surface area contributed by atoms with Crippen molar-refractivity contribution in [3.05, 3.63) is 21.5 Å². The summed E-state index contributed by atoms with van der Waals surface area (Å²) in [5.41, 5.74) is 0.308. The van der Waals surface area contributed by atoms with E-state index in [0.717, 1.165) is 23.7 Å². The van der Waals surface area contributed by atoms with E-state index in [-0.39, 0.29) is 0 Å². The molecule has 0 atom stereocenters. The van der Waals surface area contributed by atoms with Gasteiger partial charge in [-0.3, -0.25) is 0 Å². The quantitative estimate of drug-likeness (QED) is 0.180. The number of nitroso groups, excluding NO2 is 1. The Morgan fingerprint density at radius 3 is 1.74 bits per heavy atom. The lowest BCUT2D eigenvalue weighted by atomic mass is 10.1. The second-order valence-electron chi connectivity index (χ2n) is 7.07. The van der Waals surface area contributed by atoms with E-state index in [1.807, 2.05) is 0 Å². The minimum absolute atomic E-state index is 0.308. The molecule has 0 spiro atoms. The highest BCUT2D eigenvalue weighted by Gasteiger charge is 2.11. The molecule has 1 aromatic carbocycles. The van der Waals surface area contributed by atoms with Gasteiger partial charge in [0.2, 0.25) is 0 Å². The van der Waals surface area contributed by atoms with Crippen LogP contribution in [-0.2, 0) is 0 Å². The predicted octanol–water partition coefficient (Wildman–Crippen LogP) is 8.33. The third-order valence-electron chi connectivity index (χ3n) is 4.62. The molecule has 0 fully saturated rings. The van der Waals surface area contributed by atoms with Crippen molar-refractivity contribution < 1.29 is 9.47 Å². The smallest absolute Gasteiger partial charge is 0.153 e. The Labute approximate surface area is 173 Å². The van der Waals surface area contributed by atoms with Gasteiger partial charge in [-0.1, -0.05) is 78.1 Å². The second-order valence-corrected chi connectivity index (χ2v) is 7.93. The number of hydrogen-bond acceptors (Lipinski definition) is 4. The van der Waals surface area contributed by atoms with Crippen LogP contribution in [0.25, 0.3) is 0 Å². The van der Waals surface area contributed by atoms with E-state index in [4.69, 9.17) is 9.47 Å². The first-order valence-corrected chi connectivity index (χ1v) is 11.4. The van der Waals surface area contributed by atoms with Crippen molar-refractivity contribution in [3.8, 4) is 11.5 Å². The third-order valence-corrected chi connectivity index (χ3v) is 5.24. The lowest BCUT2D eigenvalue weighted by Gasteiger charge is -2.12. The first-order chi connectivity index (χ1) is 13.2. The Hall–Kier alpha value is -1.10. The Balaban J connectivity index is 2.37. The van der Waals surface area contributed by atoms with Gasteiger partial charge in [0, 0.05) is 12.1 Å². The summed E-state index contributed by atoms with van der Waals surface area (Å²) < 4.78 is 12.4. The molecule has 0 aliphatic rings. The summed E-state index contributed by atoms with van der Waals surface area (Å²) in [6.07, 6.45) is 14.6. The highest BCUT2D eigenvalue weighted by atomic mass is 79.9. The first kappa shape index (κ1) is 23.9. The molecule has 0 aliphatic carbocycles. The van der Waals surface area contributed by atoms with Crippen molar-refractivity contribution in [2.75, 3.05) is 13.2 Å². The summed E-state index contributed by atoms with van der Waals surface area (Å²) in [6, 6.07) is 3.47. The molecule has 0 amide bonds. The summed E-state index contributed by atoms with van der Waals surface area (Å²) in [4.78, 5) is 11.2. The van der Waals surface area contributed by atoms with Gasteiger partial charge in [-0.25, -0.2) is 0 Å². The minimum atomic E-state index is 0.308. The first-order valence-electron chi connectivity index (χ1n) is 10.6. The molecule has 0 saturated carbocycles. The van der Waals surface area contributed by atoms with Crippen LogP contribution in [0.2, 0.25) is 0 Å². The Kier molecular flexibility index (Phi) is 14.1. The van der Waals surface area contributed by atoms with Gasteiger partial charge in [-0.15, -0.1) is 4.91 Å². The van der Waals surface area contributed by atoms with Crippen LogP contribution in [0, 0.1) is 4.91 Å². The summed E-state index contributed by atoms with van der Waals surface area (Å²) in [5, 5.41) is 3.11. The lowest BCUT2D eigenvalue weighted by molar-refractivity contribution is 0.295. The average Bonchev–Trinajstić information content (AvgIpc) is 2.67. The summed E-state index contributed by atoms with van der Waals surface area (Å²) >= 11 is 3.52.